The number of hydrogen-bond acceptors (Lipinski definition) is 7. The summed E-state index contributed by atoms with van der Waals surface area (Å²) in [4.78, 5) is 15.8. The molecule has 0 bridgehead atoms. The molecule has 0 unspecified atom stereocenters. The predicted molar refractivity (Wildman–Crippen MR) is 142 cm³/mol. The molecule has 3 rings (SSSR count). The Bertz CT molecular complexity index is 1210. The number of alkyl halides is 3. The first-order chi connectivity index (χ1) is 18.1. The number of ether oxygens (including phenoxy) is 2. The van der Waals surface area contributed by atoms with Gasteiger partial charge in [0.25, 0.3) is 5.89 Å². The molecule has 38 heavy (non-hydrogen) atoms. The second kappa shape index (κ2) is 14.2. The molecule has 10 heteroatoms. The Morgan fingerprint density at radius 3 is 2.58 bits per heavy atom. The van der Waals surface area contributed by atoms with Gasteiger partial charge in [-0.05, 0) is 51.5 Å². The Labute approximate surface area is 221 Å². The van der Waals surface area contributed by atoms with E-state index in [1.807, 2.05) is 19.9 Å². The summed E-state index contributed by atoms with van der Waals surface area (Å²) in [5, 5.41) is 7.23. The summed E-state index contributed by atoms with van der Waals surface area (Å²) in [6.07, 6.45) is -2.55. The van der Waals surface area contributed by atoms with Crippen LogP contribution < -0.4 is 10.1 Å². The number of hydrogen-bond donors (Lipinski definition) is 1. The minimum Gasteiger partial charge on any atom is -0.490 e. The van der Waals surface area contributed by atoms with E-state index in [9.17, 15) is 18.0 Å². The normalized spacial score (nSPS) is 11.0. The van der Waals surface area contributed by atoms with Gasteiger partial charge in [-0.25, -0.2) is 0 Å². The molecule has 0 aliphatic carbocycles. The van der Waals surface area contributed by atoms with Crippen LogP contribution in [0.25, 0.3) is 28.9 Å². The molecule has 206 valence electrons. The SMILES string of the molecule is C=Cc1c(NCCCC(=O)OCC)cccc1-c1noc(-c2ccc(OC(C)C)c(C(F)(F)F)c2)n1.CC. The first-order valence-electron chi connectivity index (χ1n) is 12.5. The van der Waals surface area contributed by atoms with E-state index in [1.165, 1.54) is 12.1 Å². The average Bonchev–Trinajstić information content (AvgIpc) is 3.37. The molecule has 0 amide bonds. The van der Waals surface area contributed by atoms with Gasteiger partial charge < -0.3 is 19.3 Å². The second-order valence-electron chi connectivity index (χ2n) is 8.10. The third kappa shape index (κ3) is 8.09. The van der Waals surface area contributed by atoms with Crippen LogP contribution in [0.15, 0.2) is 47.5 Å². The zero-order valence-corrected chi connectivity index (χ0v) is 22.3. The Morgan fingerprint density at radius 2 is 1.95 bits per heavy atom. The van der Waals surface area contributed by atoms with Gasteiger partial charge >= 0.3 is 12.1 Å². The van der Waals surface area contributed by atoms with E-state index in [-0.39, 0.29) is 29.0 Å². The van der Waals surface area contributed by atoms with E-state index in [4.69, 9.17) is 14.0 Å². The summed E-state index contributed by atoms with van der Waals surface area (Å²) in [6, 6.07) is 9.01. The number of benzene rings is 2. The summed E-state index contributed by atoms with van der Waals surface area (Å²) in [5.41, 5.74) is 1.22. The van der Waals surface area contributed by atoms with Crippen LogP contribution in [0.5, 0.6) is 5.75 Å². The zero-order chi connectivity index (χ0) is 28.3. The Morgan fingerprint density at radius 1 is 1.21 bits per heavy atom. The highest BCUT2D eigenvalue weighted by molar-refractivity contribution is 5.80. The number of aromatic nitrogens is 2. The number of anilines is 1. The molecule has 0 fully saturated rings. The molecule has 7 nitrogen and oxygen atoms in total. The third-order valence-corrected chi connectivity index (χ3v) is 5.05. The van der Waals surface area contributed by atoms with Crippen molar-refractivity contribution in [3.63, 3.8) is 0 Å². The minimum atomic E-state index is -4.62. The van der Waals surface area contributed by atoms with Crippen molar-refractivity contribution in [1.29, 1.82) is 0 Å². The van der Waals surface area contributed by atoms with E-state index in [2.05, 4.69) is 22.0 Å². The summed E-state index contributed by atoms with van der Waals surface area (Å²) in [7, 11) is 0. The molecule has 0 aliphatic heterocycles. The van der Waals surface area contributed by atoms with Crippen molar-refractivity contribution in [2.24, 2.45) is 0 Å². The molecule has 0 radical (unpaired) electrons. The van der Waals surface area contributed by atoms with Gasteiger partial charge in [0.05, 0.1) is 18.3 Å². The summed E-state index contributed by atoms with van der Waals surface area (Å²) in [5.74, 6) is -0.383. The van der Waals surface area contributed by atoms with Crippen LogP contribution in [0, 0.1) is 0 Å². The van der Waals surface area contributed by atoms with Crippen molar-refractivity contribution in [2.75, 3.05) is 18.5 Å². The van der Waals surface area contributed by atoms with Crippen LogP contribution >= 0.6 is 0 Å². The van der Waals surface area contributed by atoms with Gasteiger partial charge in [0.2, 0.25) is 5.82 Å². The fourth-order valence-electron chi connectivity index (χ4n) is 3.51. The van der Waals surface area contributed by atoms with Crippen molar-refractivity contribution < 1.29 is 32.0 Å². The van der Waals surface area contributed by atoms with Crippen LogP contribution in [-0.2, 0) is 15.7 Å². The van der Waals surface area contributed by atoms with Gasteiger partial charge in [-0.1, -0.05) is 43.8 Å². The molecular weight excluding hydrogens is 499 g/mol. The van der Waals surface area contributed by atoms with Crippen molar-refractivity contribution in [3.05, 3.63) is 54.1 Å². The lowest BCUT2D eigenvalue weighted by Crippen LogP contribution is -2.13. The largest absolute Gasteiger partial charge is 0.490 e. The second-order valence-corrected chi connectivity index (χ2v) is 8.10. The molecule has 2 aromatic carbocycles. The first-order valence-corrected chi connectivity index (χ1v) is 12.5. The zero-order valence-electron chi connectivity index (χ0n) is 22.3. The maximum atomic E-state index is 13.6. The standard InChI is InChI=1S/C26H28F3N3O4.C2H6/c1-5-18-19(9-7-10-21(18)30-14-8-11-23(33)34-6-2)24-31-25(36-32-24)17-12-13-22(35-16(3)4)20(15-17)26(27,28)29;1-2/h5,7,9-10,12-13,15-16,30H,1,6,8,11,14H2,2-4H3;1-2H3. The number of nitrogens with zero attached hydrogens (tertiary/aromatic N) is 2. The summed E-state index contributed by atoms with van der Waals surface area (Å²) in [6.45, 7) is 13.8. The van der Waals surface area contributed by atoms with E-state index in [0.29, 0.717) is 37.1 Å². The number of nitrogens with one attached hydrogen (secondary N) is 1. The number of carbonyl (C=O) groups excluding carboxylic acids is 1. The smallest absolute Gasteiger partial charge is 0.419 e. The molecule has 0 saturated heterocycles. The quantitative estimate of drug-likeness (QED) is 0.200. The topological polar surface area (TPSA) is 86.5 Å². The molecule has 0 atom stereocenters. The third-order valence-electron chi connectivity index (χ3n) is 5.05. The van der Waals surface area contributed by atoms with Crippen LogP contribution in [-0.4, -0.2) is 35.4 Å². The van der Waals surface area contributed by atoms with E-state index in [0.717, 1.165) is 11.8 Å². The Hall–Kier alpha value is -3.82. The maximum Gasteiger partial charge on any atom is 0.419 e. The molecule has 3 aromatic rings. The minimum absolute atomic E-state index is 0.0607. The van der Waals surface area contributed by atoms with Crippen LogP contribution in [0.4, 0.5) is 18.9 Å². The van der Waals surface area contributed by atoms with Crippen LogP contribution in [0.1, 0.15) is 58.6 Å². The van der Waals surface area contributed by atoms with Crippen LogP contribution in [0.2, 0.25) is 0 Å². The molecule has 0 aliphatic rings. The molecule has 0 spiro atoms. The van der Waals surface area contributed by atoms with E-state index in [1.54, 1.807) is 39.0 Å². The average molecular weight is 534 g/mol. The predicted octanol–water partition coefficient (Wildman–Crippen LogP) is 7.63. The van der Waals surface area contributed by atoms with Gasteiger partial charge in [-0.3, -0.25) is 4.79 Å². The van der Waals surface area contributed by atoms with Crippen LogP contribution in [0.3, 0.4) is 0 Å². The number of halogens is 3. The van der Waals surface area contributed by atoms with Crippen molar-refractivity contribution in [3.8, 4) is 28.6 Å². The fourth-order valence-corrected chi connectivity index (χ4v) is 3.51. The maximum absolute atomic E-state index is 13.6. The van der Waals surface area contributed by atoms with Gasteiger partial charge in [-0.15, -0.1) is 0 Å². The number of esters is 1. The fraction of sp³-hybridized carbons (Fsp3) is 0.393. The molecule has 1 N–H and O–H groups in total. The highest BCUT2D eigenvalue weighted by atomic mass is 19.4. The molecule has 0 saturated carbocycles. The number of carbonyl (C=O) groups is 1. The van der Waals surface area contributed by atoms with Gasteiger partial charge in [-0.2, -0.15) is 18.2 Å². The van der Waals surface area contributed by atoms with Gasteiger partial charge in [0.15, 0.2) is 0 Å². The lowest BCUT2D eigenvalue weighted by molar-refractivity contribution is -0.143. The van der Waals surface area contributed by atoms with E-state index < -0.39 is 17.8 Å². The summed E-state index contributed by atoms with van der Waals surface area (Å²) >= 11 is 0. The Kier molecular flexibility index (Phi) is 11.4. The van der Waals surface area contributed by atoms with Crippen molar-refractivity contribution in [1.82, 2.24) is 10.1 Å². The highest BCUT2D eigenvalue weighted by Gasteiger charge is 2.35. The molecule has 1 heterocycles. The van der Waals surface area contributed by atoms with Crippen molar-refractivity contribution in [2.45, 2.75) is 59.7 Å². The molecule has 1 aromatic heterocycles. The Balaban J connectivity index is 0.00000247. The molecular formula is C28H34F3N3O4. The van der Waals surface area contributed by atoms with Gasteiger partial charge in [0, 0.05) is 35.3 Å². The lowest BCUT2D eigenvalue weighted by atomic mass is 10.0. The summed E-state index contributed by atoms with van der Waals surface area (Å²) < 4.78 is 56.4. The first kappa shape index (κ1) is 30.4. The van der Waals surface area contributed by atoms with Gasteiger partial charge in [0.1, 0.15) is 5.75 Å². The van der Waals surface area contributed by atoms with E-state index >= 15 is 0 Å². The highest BCUT2D eigenvalue weighted by Crippen LogP contribution is 2.39. The van der Waals surface area contributed by atoms with Crippen molar-refractivity contribution >= 4 is 17.7 Å². The monoisotopic (exact) mass is 533 g/mol. The lowest BCUT2D eigenvalue weighted by Gasteiger charge is -2.16. The number of rotatable bonds is 11.